The molecule has 1 aromatic carbocycles. The summed E-state index contributed by atoms with van der Waals surface area (Å²) in [6, 6.07) is 3.46. The fraction of sp³-hybridized carbons (Fsp3) is 0.308. The molecule has 0 aliphatic carbocycles. The first-order chi connectivity index (χ1) is 8.54. The maximum atomic E-state index is 13.5. The summed E-state index contributed by atoms with van der Waals surface area (Å²) in [5.74, 6) is -0.860. The monoisotopic (exact) mass is 251 g/mol. The molecule has 18 heavy (non-hydrogen) atoms. The maximum Gasteiger partial charge on any atom is 0.128 e. The Morgan fingerprint density at radius 1 is 1.39 bits per heavy atom. The van der Waals surface area contributed by atoms with Gasteiger partial charge >= 0.3 is 0 Å². The van der Waals surface area contributed by atoms with E-state index in [4.69, 9.17) is 5.73 Å². The van der Waals surface area contributed by atoms with Crippen molar-refractivity contribution in [1.29, 1.82) is 0 Å². The Labute approximate surface area is 104 Å². The molecule has 1 atom stereocenters. The minimum Gasteiger partial charge on any atom is -0.333 e. The van der Waals surface area contributed by atoms with Gasteiger partial charge in [0.1, 0.15) is 11.6 Å². The SMILES string of the molecule is CC(N)Cc1cn(Cc2cc(F)ccc2F)cn1. The van der Waals surface area contributed by atoms with E-state index in [1.165, 1.54) is 6.07 Å². The first-order valence-electron chi connectivity index (χ1n) is 5.75. The van der Waals surface area contributed by atoms with E-state index in [1.807, 2.05) is 6.92 Å². The predicted molar refractivity (Wildman–Crippen MR) is 65.0 cm³/mol. The summed E-state index contributed by atoms with van der Waals surface area (Å²) in [4.78, 5) is 4.17. The fourth-order valence-electron chi connectivity index (χ4n) is 1.79. The highest BCUT2D eigenvalue weighted by molar-refractivity contribution is 5.19. The summed E-state index contributed by atoms with van der Waals surface area (Å²) in [5, 5.41) is 0. The van der Waals surface area contributed by atoms with Crippen LogP contribution in [0.15, 0.2) is 30.7 Å². The van der Waals surface area contributed by atoms with Gasteiger partial charge < -0.3 is 10.3 Å². The van der Waals surface area contributed by atoms with Crippen molar-refractivity contribution in [3.8, 4) is 0 Å². The van der Waals surface area contributed by atoms with Crippen molar-refractivity contribution < 1.29 is 8.78 Å². The average molecular weight is 251 g/mol. The molecule has 2 aromatic rings. The number of nitrogens with two attached hydrogens (primary N) is 1. The van der Waals surface area contributed by atoms with Crippen LogP contribution in [0.25, 0.3) is 0 Å². The summed E-state index contributed by atoms with van der Waals surface area (Å²) < 4.78 is 28.2. The van der Waals surface area contributed by atoms with E-state index < -0.39 is 11.6 Å². The van der Waals surface area contributed by atoms with Crippen LogP contribution in [0.1, 0.15) is 18.2 Å². The number of rotatable bonds is 4. The van der Waals surface area contributed by atoms with Crippen LogP contribution in [-0.4, -0.2) is 15.6 Å². The standard InChI is InChI=1S/C13H15F2N3/c1-9(16)4-12-7-18(8-17-12)6-10-5-11(14)2-3-13(10)15/h2-3,5,7-9H,4,6,16H2,1H3. The minimum absolute atomic E-state index is 0.0271. The van der Waals surface area contributed by atoms with Gasteiger partial charge in [0.2, 0.25) is 0 Å². The van der Waals surface area contributed by atoms with Crippen molar-refractivity contribution in [3.63, 3.8) is 0 Å². The van der Waals surface area contributed by atoms with Gasteiger partial charge in [-0.25, -0.2) is 13.8 Å². The maximum absolute atomic E-state index is 13.5. The number of halogens is 2. The Morgan fingerprint density at radius 3 is 2.89 bits per heavy atom. The van der Waals surface area contributed by atoms with E-state index in [-0.39, 0.29) is 12.6 Å². The van der Waals surface area contributed by atoms with Crippen LogP contribution in [-0.2, 0) is 13.0 Å². The van der Waals surface area contributed by atoms with Crippen LogP contribution in [0.3, 0.4) is 0 Å². The zero-order chi connectivity index (χ0) is 13.1. The lowest BCUT2D eigenvalue weighted by Gasteiger charge is -2.04. The highest BCUT2D eigenvalue weighted by Crippen LogP contribution is 2.12. The normalized spacial score (nSPS) is 12.7. The van der Waals surface area contributed by atoms with E-state index in [0.717, 1.165) is 17.8 Å². The van der Waals surface area contributed by atoms with Gasteiger partial charge in [-0.2, -0.15) is 0 Å². The smallest absolute Gasteiger partial charge is 0.128 e. The number of nitrogens with zero attached hydrogens (tertiary/aromatic N) is 2. The molecule has 0 radical (unpaired) electrons. The minimum atomic E-state index is -0.442. The molecule has 1 aromatic heterocycles. The molecule has 0 aliphatic rings. The lowest BCUT2D eigenvalue weighted by Crippen LogP contribution is -2.17. The van der Waals surface area contributed by atoms with Crippen LogP contribution < -0.4 is 5.73 Å². The lowest BCUT2D eigenvalue weighted by atomic mass is 10.2. The number of aromatic nitrogens is 2. The van der Waals surface area contributed by atoms with E-state index in [9.17, 15) is 8.78 Å². The third kappa shape index (κ3) is 3.13. The molecule has 0 saturated carbocycles. The second-order valence-corrected chi connectivity index (χ2v) is 4.45. The molecule has 0 bridgehead atoms. The highest BCUT2D eigenvalue weighted by atomic mass is 19.1. The predicted octanol–water partition coefficient (Wildman–Crippen LogP) is 2.10. The van der Waals surface area contributed by atoms with Gasteiger partial charge in [-0.3, -0.25) is 0 Å². The third-order valence-corrected chi connectivity index (χ3v) is 2.58. The van der Waals surface area contributed by atoms with Crippen molar-refractivity contribution in [2.75, 3.05) is 0 Å². The Bertz CT molecular complexity index is 535. The number of hydrogen-bond acceptors (Lipinski definition) is 2. The Hall–Kier alpha value is -1.75. The molecule has 0 aliphatic heterocycles. The summed E-state index contributed by atoms with van der Waals surface area (Å²) in [5.41, 5.74) is 6.83. The molecule has 1 heterocycles. The zero-order valence-corrected chi connectivity index (χ0v) is 10.1. The van der Waals surface area contributed by atoms with E-state index in [2.05, 4.69) is 4.98 Å². The van der Waals surface area contributed by atoms with Gasteiger partial charge in [-0.1, -0.05) is 0 Å². The van der Waals surface area contributed by atoms with Gasteiger partial charge in [-0.05, 0) is 25.1 Å². The van der Waals surface area contributed by atoms with Gasteiger partial charge in [-0.15, -0.1) is 0 Å². The van der Waals surface area contributed by atoms with Gasteiger partial charge in [0.15, 0.2) is 0 Å². The fourth-order valence-corrected chi connectivity index (χ4v) is 1.79. The Balaban J connectivity index is 2.13. The Kier molecular flexibility index (Phi) is 3.72. The van der Waals surface area contributed by atoms with E-state index in [1.54, 1.807) is 17.1 Å². The summed E-state index contributed by atoms with van der Waals surface area (Å²) in [6.07, 6.45) is 4.06. The second-order valence-electron chi connectivity index (χ2n) is 4.45. The molecule has 2 rings (SSSR count). The first-order valence-corrected chi connectivity index (χ1v) is 5.75. The zero-order valence-electron chi connectivity index (χ0n) is 10.1. The highest BCUT2D eigenvalue weighted by Gasteiger charge is 2.06. The molecule has 96 valence electrons. The molecule has 0 saturated heterocycles. The number of benzene rings is 1. The van der Waals surface area contributed by atoms with Crippen LogP contribution in [0.4, 0.5) is 8.78 Å². The molecule has 0 amide bonds. The van der Waals surface area contributed by atoms with Crippen molar-refractivity contribution in [1.82, 2.24) is 9.55 Å². The van der Waals surface area contributed by atoms with Gasteiger partial charge in [0, 0.05) is 24.2 Å². The van der Waals surface area contributed by atoms with Crippen molar-refractivity contribution in [3.05, 3.63) is 53.6 Å². The van der Waals surface area contributed by atoms with Crippen molar-refractivity contribution in [2.45, 2.75) is 25.9 Å². The summed E-state index contributed by atoms with van der Waals surface area (Å²) >= 11 is 0. The molecular weight excluding hydrogens is 236 g/mol. The average Bonchev–Trinajstić information content (AvgIpc) is 2.70. The quantitative estimate of drug-likeness (QED) is 0.904. The van der Waals surface area contributed by atoms with Crippen LogP contribution in [0.2, 0.25) is 0 Å². The molecule has 5 heteroatoms. The number of hydrogen-bond donors (Lipinski definition) is 1. The molecule has 0 spiro atoms. The lowest BCUT2D eigenvalue weighted by molar-refractivity contribution is 0.577. The topological polar surface area (TPSA) is 43.8 Å². The first kappa shape index (κ1) is 12.7. The second kappa shape index (κ2) is 5.27. The van der Waals surface area contributed by atoms with Crippen molar-refractivity contribution in [2.24, 2.45) is 5.73 Å². The van der Waals surface area contributed by atoms with Gasteiger partial charge in [0.25, 0.3) is 0 Å². The third-order valence-electron chi connectivity index (χ3n) is 2.58. The molecule has 2 N–H and O–H groups in total. The van der Waals surface area contributed by atoms with Crippen LogP contribution >= 0.6 is 0 Å². The van der Waals surface area contributed by atoms with Crippen molar-refractivity contribution >= 4 is 0 Å². The molecule has 3 nitrogen and oxygen atoms in total. The summed E-state index contributed by atoms with van der Waals surface area (Å²) in [7, 11) is 0. The van der Waals surface area contributed by atoms with E-state index in [0.29, 0.717) is 12.0 Å². The summed E-state index contributed by atoms with van der Waals surface area (Å²) in [6.45, 7) is 2.15. The van der Waals surface area contributed by atoms with Crippen LogP contribution in [0, 0.1) is 11.6 Å². The Morgan fingerprint density at radius 2 is 2.17 bits per heavy atom. The largest absolute Gasteiger partial charge is 0.333 e. The number of imidazole rings is 1. The molecular formula is C13H15F2N3. The van der Waals surface area contributed by atoms with Crippen LogP contribution in [0.5, 0.6) is 0 Å². The van der Waals surface area contributed by atoms with Gasteiger partial charge in [0.05, 0.1) is 18.6 Å². The van der Waals surface area contributed by atoms with E-state index >= 15 is 0 Å². The molecule has 0 fully saturated rings. The molecule has 1 unspecified atom stereocenters.